The average Bonchev–Trinajstić information content (AvgIpc) is 2.97. The molecule has 0 radical (unpaired) electrons. The molecule has 0 aliphatic carbocycles. The van der Waals surface area contributed by atoms with E-state index in [0.29, 0.717) is 13.0 Å². The molecule has 1 atom stereocenters. The van der Waals surface area contributed by atoms with Crippen molar-refractivity contribution in [3.8, 4) is 0 Å². The van der Waals surface area contributed by atoms with E-state index in [1.807, 2.05) is 12.1 Å². The van der Waals surface area contributed by atoms with Gasteiger partial charge in [-0.1, -0.05) is 24.3 Å². The van der Waals surface area contributed by atoms with Gasteiger partial charge in [-0.3, -0.25) is 9.59 Å². The standard InChI is InChI=1S/C16H21NO4/c18-15(8-7-14-6-3-9-21-14)17-11-13-5-2-1-4-12(13)10-16(19)20/h1-2,4-5,14H,3,6-11H2,(H,17,18)(H,19,20). The van der Waals surface area contributed by atoms with E-state index in [0.717, 1.165) is 37.0 Å². The van der Waals surface area contributed by atoms with Crippen molar-refractivity contribution in [3.05, 3.63) is 35.4 Å². The zero-order chi connectivity index (χ0) is 15.1. The van der Waals surface area contributed by atoms with Gasteiger partial charge >= 0.3 is 5.97 Å². The second kappa shape index (κ2) is 7.78. The number of rotatable bonds is 7. The summed E-state index contributed by atoms with van der Waals surface area (Å²) >= 11 is 0. The Balaban J connectivity index is 1.79. The molecular weight excluding hydrogens is 270 g/mol. The maximum absolute atomic E-state index is 11.8. The topological polar surface area (TPSA) is 75.6 Å². The highest BCUT2D eigenvalue weighted by Crippen LogP contribution is 2.16. The first kappa shape index (κ1) is 15.5. The molecule has 5 nitrogen and oxygen atoms in total. The lowest BCUT2D eigenvalue weighted by Gasteiger charge is -2.11. The molecule has 1 saturated heterocycles. The molecule has 0 spiro atoms. The Labute approximate surface area is 124 Å². The average molecular weight is 291 g/mol. The predicted octanol–water partition coefficient (Wildman–Crippen LogP) is 1.89. The molecule has 2 rings (SSSR count). The molecule has 1 aromatic carbocycles. The molecule has 0 saturated carbocycles. The lowest BCUT2D eigenvalue weighted by atomic mass is 10.0. The van der Waals surface area contributed by atoms with Crippen LogP contribution in [0.15, 0.2) is 24.3 Å². The van der Waals surface area contributed by atoms with Crippen LogP contribution in [0.4, 0.5) is 0 Å². The normalized spacial score (nSPS) is 17.6. The van der Waals surface area contributed by atoms with E-state index in [1.165, 1.54) is 0 Å². The van der Waals surface area contributed by atoms with E-state index < -0.39 is 5.97 Å². The second-order valence-electron chi connectivity index (χ2n) is 5.29. The number of aliphatic carboxylic acids is 1. The Bertz CT molecular complexity index is 495. The Hall–Kier alpha value is -1.88. The maximum atomic E-state index is 11.8. The van der Waals surface area contributed by atoms with E-state index in [1.54, 1.807) is 12.1 Å². The Kier molecular flexibility index (Phi) is 5.75. The van der Waals surface area contributed by atoms with Crippen LogP contribution >= 0.6 is 0 Å². The van der Waals surface area contributed by atoms with E-state index in [2.05, 4.69) is 5.32 Å². The third kappa shape index (κ3) is 5.19. The minimum Gasteiger partial charge on any atom is -0.481 e. The minimum atomic E-state index is -0.868. The first-order valence-corrected chi connectivity index (χ1v) is 7.32. The highest BCUT2D eigenvalue weighted by Gasteiger charge is 2.16. The number of hydrogen-bond acceptors (Lipinski definition) is 3. The van der Waals surface area contributed by atoms with Crippen molar-refractivity contribution in [2.75, 3.05) is 6.61 Å². The molecule has 0 aromatic heterocycles. The van der Waals surface area contributed by atoms with Gasteiger partial charge in [-0.05, 0) is 30.4 Å². The summed E-state index contributed by atoms with van der Waals surface area (Å²) in [5.41, 5.74) is 1.59. The second-order valence-corrected chi connectivity index (χ2v) is 5.29. The summed E-state index contributed by atoms with van der Waals surface area (Å²) in [5, 5.41) is 11.7. The number of nitrogens with one attached hydrogen (secondary N) is 1. The van der Waals surface area contributed by atoms with Crippen molar-refractivity contribution in [1.82, 2.24) is 5.32 Å². The van der Waals surface area contributed by atoms with Crippen LogP contribution in [0.1, 0.15) is 36.8 Å². The van der Waals surface area contributed by atoms with Gasteiger partial charge < -0.3 is 15.2 Å². The highest BCUT2D eigenvalue weighted by molar-refractivity contribution is 5.76. The fourth-order valence-corrected chi connectivity index (χ4v) is 2.51. The summed E-state index contributed by atoms with van der Waals surface area (Å²) in [7, 11) is 0. The first-order chi connectivity index (χ1) is 10.1. The highest BCUT2D eigenvalue weighted by atomic mass is 16.5. The van der Waals surface area contributed by atoms with Crippen LogP contribution in [-0.2, 0) is 27.3 Å². The van der Waals surface area contributed by atoms with Crippen LogP contribution in [0.25, 0.3) is 0 Å². The first-order valence-electron chi connectivity index (χ1n) is 7.32. The number of ether oxygens (including phenoxy) is 1. The van der Waals surface area contributed by atoms with Crippen molar-refractivity contribution in [2.45, 2.75) is 44.8 Å². The number of carboxylic acid groups (broad SMARTS) is 1. The van der Waals surface area contributed by atoms with Crippen molar-refractivity contribution in [2.24, 2.45) is 0 Å². The summed E-state index contributed by atoms with van der Waals surface area (Å²) < 4.78 is 5.48. The lowest BCUT2D eigenvalue weighted by molar-refractivity contribution is -0.136. The van der Waals surface area contributed by atoms with Crippen molar-refractivity contribution >= 4 is 11.9 Å². The van der Waals surface area contributed by atoms with E-state index >= 15 is 0 Å². The predicted molar refractivity (Wildman–Crippen MR) is 77.8 cm³/mol. The molecular formula is C16H21NO4. The molecule has 1 aliphatic heterocycles. The van der Waals surface area contributed by atoms with Crippen LogP contribution in [0.3, 0.4) is 0 Å². The van der Waals surface area contributed by atoms with Gasteiger partial charge in [0.15, 0.2) is 0 Å². The molecule has 1 fully saturated rings. The zero-order valence-electron chi connectivity index (χ0n) is 12.0. The van der Waals surface area contributed by atoms with E-state index in [4.69, 9.17) is 9.84 Å². The van der Waals surface area contributed by atoms with Crippen molar-refractivity contribution in [3.63, 3.8) is 0 Å². The minimum absolute atomic E-state index is 0.0179. The summed E-state index contributed by atoms with van der Waals surface area (Å²) in [6, 6.07) is 7.28. The molecule has 1 heterocycles. The van der Waals surface area contributed by atoms with Gasteiger partial charge in [0.05, 0.1) is 12.5 Å². The molecule has 5 heteroatoms. The van der Waals surface area contributed by atoms with Gasteiger partial charge in [0.1, 0.15) is 0 Å². The summed E-state index contributed by atoms with van der Waals surface area (Å²) in [4.78, 5) is 22.6. The third-order valence-corrected chi connectivity index (χ3v) is 3.65. The monoisotopic (exact) mass is 291 g/mol. The van der Waals surface area contributed by atoms with Crippen LogP contribution in [-0.4, -0.2) is 29.7 Å². The summed E-state index contributed by atoms with van der Waals surface area (Å²) in [6.07, 6.45) is 3.51. The fourth-order valence-electron chi connectivity index (χ4n) is 2.51. The number of carboxylic acids is 1. The molecule has 2 N–H and O–H groups in total. The molecule has 114 valence electrons. The molecule has 21 heavy (non-hydrogen) atoms. The molecule has 1 aromatic rings. The van der Waals surface area contributed by atoms with Gasteiger partial charge in [-0.15, -0.1) is 0 Å². The van der Waals surface area contributed by atoms with Gasteiger partial charge in [0.2, 0.25) is 5.91 Å². The molecule has 1 amide bonds. The van der Waals surface area contributed by atoms with E-state index in [-0.39, 0.29) is 18.4 Å². The smallest absolute Gasteiger partial charge is 0.307 e. The zero-order valence-corrected chi connectivity index (χ0v) is 12.0. The van der Waals surface area contributed by atoms with Gasteiger partial charge in [0.25, 0.3) is 0 Å². The maximum Gasteiger partial charge on any atom is 0.307 e. The van der Waals surface area contributed by atoms with Gasteiger partial charge in [-0.2, -0.15) is 0 Å². The SMILES string of the molecule is O=C(O)Cc1ccccc1CNC(=O)CCC1CCCO1. The van der Waals surface area contributed by atoms with E-state index in [9.17, 15) is 9.59 Å². The largest absolute Gasteiger partial charge is 0.481 e. The van der Waals surface area contributed by atoms with Gasteiger partial charge in [0, 0.05) is 19.6 Å². The number of carbonyl (C=O) groups excluding carboxylic acids is 1. The lowest BCUT2D eigenvalue weighted by Crippen LogP contribution is -2.24. The van der Waals surface area contributed by atoms with Gasteiger partial charge in [-0.25, -0.2) is 0 Å². The Morgan fingerprint density at radius 1 is 1.29 bits per heavy atom. The van der Waals surface area contributed by atoms with Crippen LogP contribution in [0.2, 0.25) is 0 Å². The summed E-state index contributed by atoms with van der Waals surface area (Å²) in [6.45, 7) is 1.17. The Morgan fingerprint density at radius 2 is 2.05 bits per heavy atom. The molecule has 1 unspecified atom stereocenters. The molecule has 0 bridgehead atoms. The van der Waals surface area contributed by atoms with Crippen LogP contribution < -0.4 is 5.32 Å². The number of benzene rings is 1. The number of carbonyl (C=O) groups is 2. The summed E-state index contributed by atoms with van der Waals surface area (Å²) in [5.74, 6) is -0.886. The molecule has 1 aliphatic rings. The quantitative estimate of drug-likeness (QED) is 0.804. The fraction of sp³-hybridized carbons (Fsp3) is 0.500. The third-order valence-electron chi connectivity index (χ3n) is 3.65. The number of amides is 1. The van der Waals surface area contributed by atoms with Crippen LogP contribution in [0.5, 0.6) is 0 Å². The van der Waals surface area contributed by atoms with Crippen molar-refractivity contribution < 1.29 is 19.4 Å². The number of hydrogen-bond donors (Lipinski definition) is 2. The van der Waals surface area contributed by atoms with Crippen LogP contribution in [0, 0.1) is 0 Å². The van der Waals surface area contributed by atoms with Crippen molar-refractivity contribution in [1.29, 1.82) is 0 Å². The Morgan fingerprint density at radius 3 is 2.71 bits per heavy atom.